The molecule has 4 rings (SSSR count). The minimum atomic E-state index is -0.311. The summed E-state index contributed by atoms with van der Waals surface area (Å²) in [5, 5.41) is 23.5. The van der Waals surface area contributed by atoms with E-state index in [1.807, 2.05) is 47.0 Å². The normalized spacial score (nSPS) is 11.0. The number of hydrogen-bond acceptors (Lipinski definition) is 6. The Morgan fingerprint density at radius 1 is 1.03 bits per heavy atom. The molecule has 0 atom stereocenters. The molecule has 1 heterocycles. The molecule has 0 radical (unpaired) electrons. The van der Waals surface area contributed by atoms with Gasteiger partial charge in [0.05, 0.1) is 12.0 Å². The number of phenols is 1. The summed E-state index contributed by atoms with van der Waals surface area (Å²) in [6.07, 6.45) is 1.39. The van der Waals surface area contributed by atoms with Crippen LogP contribution in [0.4, 0.5) is 0 Å². The van der Waals surface area contributed by atoms with E-state index in [-0.39, 0.29) is 17.4 Å². The van der Waals surface area contributed by atoms with Crippen LogP contribution in [0.5, 0.6) is 5.75 Å². The summed E-state index contributed by atoms with van der Waals surface area (Å²) in [6.45, 7) is 0. The number of carbonyl (C=O) groups excluding carboxylic acids is 1. The fraction of sp³-hybridized carbons (Fsp3) is 0.0435. The quantitative estimate of drug-likeness (QED) is 0.238. The van der Waals surface area contributed by atoms with Crippen molar-refractivity contribution in [1.82, 2.24) is 20.2 Å². The molecule has 0 saturated heterocycles. The second-order valence-corrected chi connectivity index (χ2v) is 8.00. The third kappa shape index (κ3) is 5.16. The highest BCUT2D eigenvalue weighted by atomic mass is 35.5. The Hall–Kier alpha value is -3.62. The molecule has 7 nitrogen and oxygen atoms in total. The van der Waals surface area contributed by atoms with Gasteiger partial charge in [0.25, 0.3) is 5.91 Å². The molecule has 0 aliphatic rings. The summed E-state index contributed by atoms with van der Waals surface area (Å²) in [5.41, 5.74) is 4.70. The molecule has 1 amide bonds. The van der Waals surface area contributed by atoms with Gasteiger partial charge in [0, 0.05) is 21.8 Å². The lowest BCUT2D eigenvalue weighted by Gasteiger charge is -2.10. The van der Waals surface area contributed by atoms with Gasteiger partial charge in [-0.05, 0) is 36.4 Å². The molecule has 2 N–H and O–H groups in total. The van der Waals surface area contributed by atoms with Gasteiger partial charge >= 0.3 is 0 Å². The van der Waals surface area contributed by atoms with Gasteiger partial charge in [-0.1, -0.05) is 65.8 Å². The molecule has 0 aliphatic heterocycles. The van der Waals surface area contributed by atoms with Crippen LogP contribution in [0.2, 0.25) is 5.02 Å². The third-order valence-corrected chi connectivity index (χ3v) is 5.59. The lowest BCUT2D eigenvalue weighted by atomic mass is 10.2. The first-order valence-electron chi connectivity index (χ1n) is 9.61. The molecule has 0 aliphatic carbocycles. The molecule has 1 aromatic heterocycles. The number of rotatable bonds is 7. The van der Waals surface area contributed by atoms with Gasteiger partial charge in [0.15, 0.2) is 11.0 Å². The number of hydrazone groups is 1. The largest absolute Gasteiger partial charge is 0.507 e. The van der Waals surface area contributed by atoms with E-state index in [0.717, 1.165) is 11.3 Å². The number of aromatic nitrogens is 3. The monoisotopic (exact) mass is 463 g/mol. The summed E-state index contributed by atoms with van der Waals surface area (Å²) >= 11 is 7.29. The number of aromatic hydroxyl groups is 1. The summed E-state index contributed by atoms with van der Waals surface area (Å²) in [4.78, 5) is 12.3. The van der Waals surface area contributed by atoms with Gasteiger partial charge in [-0.3, -0.25) is 9.36 Å². The van der Waals surface area contributed by atoms with Gasteiger partial charge in [0.2, 0.25) is 0 Å². The van der Waals surface area contributed by atoms with E-state index in [0.29, 0.717) is 21.6 Å². The average Bonchev–Trinajstić information content (AvgIpc) is 3.24. The van der Waals surface area contributed by atoms with Crippen LogP contribution in [-0.2, 0) is 4.79 Å². The number of benzene rings is 3. The molecule has 0 saturated carbocycles. The van der Waals surface area contributed by atoms with Crippen molar-refractivity contribution in [1.29, 1.82) is 0 Å². The fourth-order valence-corrected chi connectivity index (χ4v) is 3.76. The Bertz CT molecular complexity index is 1240. The molecule has 3 aromatic carbocycles. The van der Waals surface area contributed by atoms with Gasteiger partial charge in [-0.15, -0.1) is 10.2 Å². The average molecular weight is 464 g/mol. The van der Waals surface area contributed by atoms with Crippen LogP contribution < -0.4 is 5.43 Å². The zero-order chi connectivity index (χ0) is 22.3. The second-order valence-electron chi connectivity index (χ2n) is 6.62. The highest BCUT2D eigenvalue weighted by Gasteiger charge is 2.17. The number of carbonyl (C=O) groups is 1. The molecular weight excluding hydrogens is 446 g/mol. The highest BCUT2D eigenvalue weighted by Crippen LogP contribution is 2.28. The smallest absolute Gasteiger partial charge is 0.250 e. The van der Waals surface area contributed by atoms with Crippen LogP contribution in [-0.4, -0.2) is 37.7 Å². The minimum Gasteiger partial charge on any atom is -0.507 e. The van der Waals surface area contributed by atoms with Gasteiger partial charge in [-0.25, -0.2) is 5.43 Å². The van der Waals surface area contributed by atoms with Crippen molar-refractivity contribution in [2.45, 2.75) is 5.16 Å². The maximum absolute atomic E-state index is 12.3. The predicted molar refractivity (Wildman–Crippen MR) is 126 cm³/mol. The van der Waals surface area contributed by atoms with E-state index in [2.05, 4.69) is 20.7 Å². The third-order valence-electron chi connectivity index (χ3n) is 4.41. The fourth-order valence-electron chi connectivity index (χ4n) is 2.89. The van der Waals surface area contributed by atoms with Crippen LogP contribution in [0.15, 0.2) is 89.1 Å². The van der Waals surface area contributed by atoms with E-state index < -0.39 is 0 Å². The first-order chi connectivity index (χ1) is 15.6. The van der Waals surface area contributed by atoms with E-state index >= 15 is 0 Å². The Labute approximate surface area is 193 Å². The van der Waals surface area contributed by atoms with Crippen LogP contribution in [0.1, 0.15) is 5.56 Å². The SMILES string of the molecule is O=C(CSc1nnc(-c2ccccc2)n1-c1ccc(Cl)cc1)N/N=C\c1ccccc1O. The Morgan fingerprint density at radius 2 is 1.75 bits per heavy atom. The Kier molecular flexibility index (Phi) is 6.84. The highest BCUT2D eigenvalue weighted by molar-refractivity contribution is 7.99. The van der Waals surface area contributed by atoms with Crippen molar-refractivity contribution in [3.8, 4) is 22.8 Å². The van der Waals surface area contributed by atoms with Crippen LogP contribution in [0.25, 0.3) is 17.1 Å². The summed E-state index contributed by atoms with van der Waals surface area (Å²) in [7, 11) is 0. The van der Waals surface area contributed by atoms with E-state index in [1.54, 1.807) is 36.4 Å². The zero-order valence-electron chi connectivity index (χ0n) is 16.7. The van der Waals surface area contributed by atoms with E-state index in [4.69, 9.17) is 11.6 Å². The van der Waals surface area contributed by atoms with Crippen molar-refractivity contribution in [3.63, 3.8) is 0 Å². The van der Waals surface area contributed by atoms with Crippen molar-refractivity contribution in [3.05, 3.63) is 89.4 Å². The topological polar surface area (TPSA) is 92.4 Å². The number of nitrogens with one attached hydrogen (secondary N) is 1. The number of amides is 1. The Morgan fingerprint density at radius 3 is 2.50 bits per heavy atom. The zero-order valence-corrected chi connectivity index (χ0v) is 18.3. The standard InChI is InChI=1S/C23H18ClN5O2S/c24-18-10-12-19(13-11-18)29-22(16-6-2-1-3-7-16)27-28-23(29)32-15-21(31)26-25-14-17-8-4-5-9-20(17)30/h1-14,30H,15H2,(H,26,31)/b25-14-. The van der Waals surface area contributed by atoms with Crippen molar-refractivity contribution < 1.29 is 9.90 Å². The molecule has 0 spiro atoms. The molecule has 4 aromatic rings. The Balaban J connectivity index is 1.51. The molecule has 32 heavy (non-hydrogen) atoms. The van der Waals surface area contributed by atoms with E-state index in [9.17, 15) is 9.90 Å². The number of thioether (sulfide) groups is 1. The number of nitrogens with zero attached hydrogens (tertiary/aromatic N) is 4. The lowest BCUT2D eigenvalue weighted by Crippen LogP contribution is -2.20. The first kappa shape index (κ1) is 21.6. The maximum Gasteiger partial charge on any atom is 0.250 e. The lowest BCUT2D eigenvalue weighted by molar-refractivity contribution is -0.118. The molecule has 0 bridgehead atoms. The summed E-state index contributed by atoms with van der Waals surface area (Å²) in [6, 6.07) is 23.7. The molecule has 0 fully saturated rings. The number of phenolic OH excluding ortho intramolecular Hbond substituents is 1. The maximum atomic E-state index is 12.3. The molecule has 9 heteroatoms. The minimum absolute atomic E-state index is 0.0820. The molecular formula is C23H18ClN5O2S. The van der Waals surface area contributed by atoms with Crippen LogP contribution >= 0.6 is 23.4 Å². The van der Waals surface area contributed by atoms with Crippen molar-refractivity contribution in [2.24, 2.45) is 5.10 Å². The summed E-state index contributed by atoms with van der Waals surface area (Å²) < 4.78 is 1.88. The van der Waals surface area contributed by atoms with Crippen LogP contribution in [0, 0.1) is 0 Å². The number of hydrogen-bond donors (Lipinski definition) is 2. The molecule has 160 valence electrons. The number of halogens is 1. The van der Waals surface area contributed by atoms with Crippen molar-refractivity contribution in [2.75, 3.05) is 5.75 Å². The predicted octanol–water partition coefficient (Wildman–Crippen LogP) is 4.54. The summed E-state index contributed by atoms with van der Waals surface area (Å²) in [5.74, 6) is 0.518. The number of para-hydroxylation sites is 1. The second kappa shape index (κ2) is 10.1. The first-order valence-corrected chi connectivity index (χ1v) is 11.0. The van der Waals surface area contributed by atoms with Gasteiger partial charge < -0.3 is 5.11 Å². The molecule has 0 unspecified atom stereocenters. The van der Waals surface area contributed by atoms with Gasteiger partial charge in [-0.2, -0.15) is 5.10 Å². The van der Waals surface area contributed by atoms with Crippen LogP contribution in [0.3, 0.4) is 0 Å². The van der Waals surface area contributed by atoms with E-state index in [1.165, 1.54) is 18.0 Å². The van der Waals surface area contributed by atoms with Gasteiger partial charge in [0.1, 0.15) is 5.75 Å². The van der Waals surface area contributed by atoms with Crippen molar-refractivity contribution >= 4 is 35.5 Å².